The van der Waals surface area contributed by atoms with Crippen LogP contribution in [0.15, 0.2) is 71.1 Å². The van der Waals surface area contributed by atoms with Gasteiger partial charge < -0.3 is 4.42 Å². The maximum atomic E-state index is 6.08. The van der Waals surface area contributed by atoms with E-state index in [1.165, 1.54) is 0 Å². The molecule has 3 nitrogen and oxygen atoms in total. The normalized spacial score (nSPS) is 11.5. The molecule has 114 valence electrons. The zero-order valence-electron chi connectivity index (χ0n) is 13.2. The number of aryl methyl sites for hydroxylation is 1. The number of benzene rings is 2. The summed E-state index contributed by atoms with van der Waals surface area (Å²) in [4.78, 5) is 9.31. The van der Waals surface area contributed by atoms with Gasteiger partial charge in [0, 0.05) is 27.4 Å². The lowest BCUT2D eigenvalue weighted by atomic mass is 10.1. The van der Waals surface area contributed by atoms with Crippen molar-refractivity contribution in [3.8, 4) is 11.3 Å². The maximum absolute atomic E-state index is 6.08. The molecule has 0 aliphatic heterocycles. The van der Waals surface area contributed by atoms with E-state index < -0.39 is 0 Å². The molecule has 3 aromatic heterocycles. The third-order valence-electron chi connectivity index (χ3n) is 4.38. The Labute approximate surface area is 138 Å². The first-order valence-electron chi connectivity index (χ1n) is 7.95. The van der Waals surface area contributed by atoms with E-state index in [0.717, 1.165) is 44.2 Å². The predicted octanol–water partition coefficient (Wildman–Crippen LogP) is 5.50. The van der Waals surface area contributed by atoms with Crippen LogP contribution in [-0.4, -0.2) is 9.97 Å². The largest absolute Gasteiger partial charge is 0.437 e. The Kier molecular flexibility index (Phi) is 2.71. The van der Waals surface area contributed by atoms with Crippen molar-refractivity contribution >= 4 is 33.0 Å². The van der Waals surface area contributed by atoms with E-state index >= 15 is 0 Å². The second-order valence-corrected chi connectivity index (χ2v) is 5.98. The van der Waals surface area contributed by atoms with E-state index in [1.807, 2.05) is 43.3 Å². The van der Waals surface area contributed by atoms with Gasteiger partial charge in [-0.25, -0.2) is 9.97 Å². The molecule has 0 atom stereocenters. The third-order valence-corrected chi connectivity index (χ3v) is 4.38. The number of para-hydroxylation sites is 2. The first-order chi connectivity index (χ1) is 11.8. The second-order valence-electron chi connectivity index (χ2n) is 5.98. The predicted molar refractivity (Wildman–Crippen MR) is 97.0 cm³/mol. The topological polar surface area (TPSA) is 38.9 Å². The summed E-state index contributed by atoms with van der Waals surface area (Å²) in [7, 11) is 0. The minimum Gasteiger partial charge on any atom is -0.437 e. The maximum Gasteiger partial charge on any atom is 0.227 e. The van der Waals surface area contributed by atoms with Gasteiger partial charge in [0.15, 0.2) is 0 Å². The van der Waals surface area contributed by atoms with Crippen LogP contribution in [0.25, 0.3) is 44.2 Å². The van der Waals surface area contributed by atoms with E-state index in [1.54, 1.807) is 0 Å². The summed E-state index contributed by atoms with van der Waals surface area (Å²) in [6.07, 6.45) is 0. The molecular weight excluding hydrogens is 296 g/mol. The highest BCUT2D eigenvalue weighted by atomic mass is 16.3. The summed E-state index contributed by atoms with van der Waals surface area (Å²) >= 11 is 0. The molecule has 0 unspecified atom stereocenters. The number of hydrogen-bond donors (Lipinski definition) is 0. The molecule has 3 heteroatoms. The highest BCUT2D eigenvalue weighted by Gasteiger charge is 2.13. The number of fused-ring (bicyclic) bond motifs is 4. The Bertz CT molecular complexity index is 1220. The molecule has 0 saturated heterocycles. The summed E-state index contributed by atoms with van der Waals surface area (Å²) in [5, 5.41) is 3.25. The van der Waals surface area contributed by atoms with Crippen LogP contribution in [0.3, 0.4) is 0 Å². The van der Waals surface area contributed by atoms with Gasteiger partial charge in [-0.2, -0.15) is 0 Å². The molecule has 0 saturated carbocycles. The quantitative estimate of drug-likeness (QED) is 0.410. The number of hydrogen-bond acceptors (Lipinski definition) is 3. The van der Waals surface area contributed by atoms with Crippen molar-refractivity contribution in [1.82, 2.24) is 9.97 Å². The van der Waals surface area contributed by atoms with Crippen LogP contribution < -0.4 is 0 Å². The molecular formula is C21H14N2O. The van der Waals surface area contributed by atoms with Crippen molar-refractivity contribution in [2.75, 3.05) is 0 Å². The lowest BCUT2D eigenvalue weighted by molar-refractivity contribution is 0.653. The molecule has 0 bridgehead atoms. The van der Waals surface area contributed by atoms with Gasteiger partial charge in [-0.3, -0.25) is 0 Å². The number of aromatic nitrogens is 2. The van der Waals surface area contributed by atoms with Gasteiger partial charge in [-0.05, 0) is 37.3 Å². The van der Waals surface area contributed by atoms with Crippen molar-refractivity contribution in [3.05, 3.63) is 72.4 Å². The first-order valence-corrected chi connectivity index (χ1v) is 7.95. The van der Waals surface area contributed by atoms with E-state index in [2.05, 4.69) is 35.3 Å². The molecule has 0 aliphatic carbocycles. The average molecular weight is 310 g/mol. The summed E-state index contributed by atoms with van der Waals surface area (Å²) < 4.78 is 6.08. The minimum atomic E-state index is 0.679. The fourth-order valence-electron chi connectivity index (χ4n) is 3.19. The Hall–Kier alpha value is -3.20. The van der Waals surface area contributed by atoms with Gasteiger partial charge >= 0.3 is 0 Å². The van der Waals surface area contributed by atoms with Crippen LogP contribution in [0.2, 0.25) is 0 Å². The summed E-state index contributed by atoms with van der Waals surface area (Å²) in [6.45, 7) is 1.97. The lowest BCUT2D eigenvalue weighted by Crippen LogP contribution is -1.85. The van der Waals surface area contributed by atoms with Crippen LogP contribution in [0.1, 0.15) is 5.69 Å². The van der Waals surface area contributed by atoms with Crippen molar-refractivity contribution in [2.24, 2.45) is 0 Å². The van der Waals surface area contributed by atoms with Gasteiger partial charge in [0.05, 0.1) is 11.2 Å². The van der Waals surface area contributed by atoms with E-state index in [0.29, 0.717) is 5.71 Å². The smallest absolute Gasteiger partial charge is 0.227 e. The number of pyridine rings is 2. The third kappa shape index (κ3) is 1.91. The Balaban J connectivity index is 1.83. The molecule has 0 amide bonds. The molecule has 0 radical (unpaired) electrons. The van der Waals surface area contributed by atoms with Gasteiger partial charge in [-0.15, -0.1) is 0 Å². The Morgan fingerprint density at radius 3 is 2.62 bits per heavy atom. The summed E-state index contributed by atoms with van der Waals surface area (Å²) in [5.41, 5.74) is 5.36. The summed E-state index contributed by atoms with van der Waals surface area (Å²) in [5.74, 6) is 0. The van der Waals surface area contributed by atoms with Gasteiger partial charge in [-0.1, -0.05) is 36.4 Å². The second kappa shape index (κ2) is 4.90. The molecule has 0 aliphatic rings. The van der Waals surface area contributed by atoms with Gasteiger partial charge in [0.25, 0.3) is 0 Å². The highest BCUT2D eigenvalue weighted by Crippen LogP contribution is 2.34. The molecule has 0 fully saturated rings. The SMILES string of the molecule is Cc1ccc2c(n1)oc1c(-c3ccc4ccccc4n3)cccc12. The first kappa shape index (κ1) is 13.3. The van der Waals surface area contributed by atoms with Crippen LogP contribution in [0.5, 0.6) is 0 Å². The molecule has 5 aromatic rings. The molecule has 3 heterocycles. The van der Waals surface area contributed by atoms with E-state index in [4.69, 9.17) is 9.40 Å². The molecule has 5 rings (SSSR count). The van der Waals surface area contributed by atoms with Crippen molar-refractivity contribution in [3.63, 3.8) is 0 Å². The van der Waals surface area contributed by atoms with E-state index in [9.17, 15) is 0 Å². The standard InChI is InChI=1S/C21H14N2O/c1-13-9-11-16-15-6-4-7-17(20(15)24-21(16)22-13)19-12-10-14-5-2-3-8-18(14)23-19/h2-12H,1H3. The fraction of sp³-hybridized carbons (Fsp3) is 0.0476. The number of nitrogens with zero attached hydrogens (tertiary/aromatic N) is 2. The Morgan fingerprint density at radius 1 is 0.750 bits per heavy atom. The zero-order chi connectivity index (χ0) is 16.1. The highest BCUT2D eigenvalue weighted by molar-refractivity contribution is 6.08. The van der Waals surface area contributed by atoms with Crippen LogP contribution in [-0.2, 0) is 0 Å². The van der Waals surface area contributed by atoms with Gasteiger partial charge in [0.1, 0.15) is 5.58 Å². The van der Waals surface area contributed by atoms with Crippen molar-refractivity contribution in [1.29, 1.82) is 0 Å². The number of rotatable bonds is 1. The number of furan rings is 1. The molecule has 0 N–H and O–H groups in total. The lowest BCUT2D eigenvalue weighted by Gasteiger charge is -2.04. The molecule has 24 heavy (non-hydrogen) atoms. The zero-order valence-corrected chi connectivity index (χ0v) is 13.2. The molecule has 0 spiro atoms. The summed E-state index contributed by atoms with van der Waals surface area (Å²) in [6, 6.07) is 22.5. The van der Waals surface area contributed by atoms with Crippen molar-refractivity contribution < 1.29 is 4.42 Å². The van der Waals surface area contributed by atoms with E-state index in [-0.39, 0.29) is 0 Å². The van der Waals surface area contributed by atoms with Crippen LogP contribution in [0.4, 0.5) is 0 Å². The average Bonchev–Trinajstić information content (AvgIpc) is 2.98. The monoisotopic (exact) mass is 310 g/mol. The van der Waals surface area contributed by atoms with Gasteiger partial charge in [0.2, 0.25) is 5.71 Å². The van der Waals surface area contributed by atoms with Crippen LogP contribution in [0, 0.1) is 6.92 Å². The van der Waals surface area contributed by atoms with Crippen molar-refractivity contribution in [2.45, 2.75) is 6.92 Å². The fourth-order valence-corrected chi connectivity index (χ4v) is 3.19. The van der Waals surface area contributed by atoms with Crippen LogP contribution >= 0.6 is 0 Å². The Morgan fingerprint density at radius 2 is 1.67 bits per heavy atom. The minimum absolute atomic E-state index is 0.679. The molecule has 2 aromatic carbocycles.